The maximum atomic E-state index is 13.5. The molecule has 0 spiro atoms. The van der Waals surface area contributed by atoms with Gasteiger partial charge in [-0.2, -0.15) is 0 Å². The highest BCUT2D eigenvalue weighted by molar-refractivity contribution is 6.34. The van der Waals surface area contributed by atoms with Crippen LogP contribution in [0.25, 0.3) is 0 Å². The van der Waals surface area contributed by atoms with E-state index in [9.17, 15) is 9.59 Å². The van der Waals surface area contributed by atoms with Crippen molar-refractivity contribution in [3.63, 3.8) is 0 Å². The Morgan fingerprint density at radius 1 is 1.00 bits per heavy atom. The van der Waals surface area contributed by atoms with E-state index in [0.29, 0.717) is 28.4 Å². The van der Waals surface area contributed by atoms with Crippen molar-refractivity contribution in [2.45, 2.75) is 39.8 Å². The fourth-order valence-corrected chi connectivity index (χ4v) is 4.07. The van der Waals surface area contributed by atoms with Gasteiger partial charge in [0.25, 0.3) is 11.8 Å². The number of amides is 2. The van der Waals surface area contributed by atoms with Crippen molar-refractivity contribution in [3.05, 3.63) is 94.0 Å². The fraction of sp³-hybridized carbons (Fsp3) is 0.286. The Morgan fingerprint density at radius 2 is 1.74 bits per heavy atom. The quantitative estimate of drug-likeness (QED) is 0.408. The van der Waals surface area contributed by atoms with Crippen molar-refractivity contribution in [2.24, 2.45) is 0 Å². The second-order valence-electron chi connectivity index (χ2n) is 8.73. The molecule has 178 valence electrons. The van der Waals surface area contributed by atoms with Gasteiger partial charge in [-0.15, -0.1) is 0 Å². The highest BCUT2D eigenvalue weighted by atomic mass is 35.5. The van der Waals surface area contributed by atoms with Crippen molar-refractivity contribution in [1.29, 1.82) is 0 Å². The number of carbonyl (C=O) groups excluding carboxylic acids is 2. The lowest BCUT2D eigenvalue weighted by molar-refractivity contribution is 0.0671. The molecule has 0 aliphatic rings. The summed E-state index contributed by atoms with van der Waals surface area (Å²) >= 11 is 6.20. The number of halogens is 1. The number of nitrogens with zero attached hydrogens (tertiary/aromatic N) is 2. The maximum absolute atomic E-state index is 13.5. The van der Waals surface area contributed by atoms with Crippen LogP contribution in [0.4, 0.5) is 11.4 Å². The molecule has 3 aromatic carbocycles. The van der Waals surface area contributed by atoms with Crippen molar-refractivity contribution >= 4 is 34.8 Å². The summed E-state index contributed by atoms with van der Waals surface area (Å²) in [5, 5.41) is 3.34. The molecule has 1 atom stereocenters. The Morgan fingerprint density at radius 3 is 2.38 bits per heavy atom. The first-order valence-electron chi connectivity index (χ1n) is 11.4. The lowest BCUT2D eigenvalue weighted by atomic mass is 10.1. The average Bonchev–Trinajstić information content (AvgIpc) is 2.81. The van der Waals surface area contributed by atoms with E-state index in [1.807, 2.05) is 73.3 Å². The Kier molecular flexibility index (Phi) is 8.35. The average molecular weight is 478 g/mol. The van der Waals surface area contributed by atoms with Crippen LogP contribution in [0.2, 0.25) is 5.02 Å². The zero-order valence-electron chi connectivity index (χ0n) is 20.4. The summed E-state index contributed by atoms with van der Waals surface area (Å²) in [6, 6.07) is 20.4. The molecule has 3 rings (SSSR count). The summed E-state index contributed by atoms with van der Waals surface area (Å²) in [7, 11) is 3.94. The number of rotatable bonds is 8. The first kappa shape index (κ1) is 25.3. The summed E-state index contributed by atoms with van der Waals surface area (Å²) < 4.78 is 0. The lowest BCUT2D eigenvalue weighted by Gasteiger charge is -2.31. The number of aryl methyl sites for hydroxylation is 1. The second-order valence-corrected chi connectivity index (χ2v) is 9.14. The minimum absolute atomic E-state index is 0.00624. The molecule has 0 bridgehead atoms. The normalized spacial score (nSPS) is 11.6. The predicted octanol–water partition coefficient (Wildman–Crippen LogP) is 6.41. The zero-order chi connectivity index (χ0) is 24.8. The molecular weight excluding hydrogens is 446 g/mol. The van der Waals surface area contributed by atoms with E-state index in [1.165, 1.54) is 0 Å². The standard InChI is InChI=1S/C28H32ClN3O2/c1-6-20(3)32(28(34)21-11-9-10-19(2)16-21)18-22-17-23(14-15-26(22)31(4)5)30-27(33)24-12-7-8-13-25(24)29/h7-17,20H,6,18H2,1-5H3,(H,30,33)/t20-/m0/s1. The molecule has 0 fully saturated rings. The SMILES string of the molecule is CC[C@H](C)N(Cc1cc(NC(=O)c2ccccc2Cl)ccc1N(C)C)C(=O)c1cccc(C)c1. The number of carbonyl (C=O) groups is 2. The van der Waals surface area contributed by atoms with Gasteiger partial charge >= 0.3 is 0 Å². The van der Waals surface area contributed by atoms with E-state index in [4.69, 9.17) is 11.6 Å². The van der Waals surface area contributed by atoms with Crippen LogP contribution < -0.4 is 10.2 Å². The van der Waals surface area contributed by atoms with Gasteiger partial charge in [0, 0.05) is 43.6 Å². The van der Waals surface area contributed by atoms with Gasteiger partial charge in [0.05, 0.1) is 10.6 Å². The Labute approximate surface area is 207 Å². The van der Waals surface area contributed by atoms with Gasteiger partial charge in [0.1, 0.15) is 0 Å². The molecular formula is C28H32ClN3O2. The smallest absolute Gasteiger partial charge is 0.257 e. The summed E-state index contributed by atoms with van der Waals surface area (Å²) in [5.41, 5.74) is 4.73. The first-order chi connectivity index (χ1) is 16.2. The molecule has 3 aromatic rings. The summed E-state index contributed by atoms with van der Waals surface area (Å²) in [5.74, 6) is -0.281. The van der Waals surface area contributed by atoms with Crippen molar-refractivity contribution in [2.75, 3.05) is 24.3 Å². The van der Waals surface area contributed by atoms with Crippen LogP contribution in [-0.4, -0.2) is 36.9 Å². The van der Waals surface area contributed by atoms with Crippen LogP contribution in [0.5, 0.6) is 0 Å². The molecule has 0 aliphatic heterocycles. The van der Waals surface area contributed by atoms with Crippen LogP contribution in [0.15, 0.2) is 66.7 Å². The van der Waals surface area contributed by atoms with Gasteiger partial charge < -0.3 is 15.1 Å². The van der Waals surface area contributed by atoms with Crippen molar-refractivity contribution < 1.29 is 9.59 Å². The van der Waals surface area contributed by atoms with Gasteiger partial charge in [0.15, 0.2) is 0 Å². The third kappa shape index (κ3) is 5.97. The molecule has 0 unspecified atom stereocenters. The van der Waals surface area contributed by atoms with E-state index in [1.54, 1.807) is 24.3 Å². The van der Waals surface area contributed by atoms with Gasteiger partial charge in [-0.25, -0.2) is 0 Å². The molecule has 34 heavy (non-hydrogen) atoms. The second kappa shape index (κ2) is 11.2. The van der Waals surface area contributed by atoms with Crippen LogP contribution in [0.3, 0.4) is 0 Å². The highest BCUT2D eigenvalue weighted by Gasteiger charge is 2.23. The molecule has 6 heteroatoms. The summed E-state index contributed by atoms with van der Waals surface area (Å²) in [4.78, 5) is 30.2. The van der Waals surface area contributed by atoms with E-state index in [0.717, 1.165) is 23.2 Å². The number of hydrogen-bond acceptors (Lipinski definition) is 3. The molecule has 0 aliphatic carbocycles. The molecule has 1 N–H and O–H groups in total. The molecule has 5 nitrogen and oxygen atoms in total. The Balaban J connectivity index is 1.94. The van der Waals surface area contributed by atoms with Gasteiger partial charge in [-0.05, 0) is 68.3 Å². The molecule has 2 amide bonds. The monoisotopic (exact) mass is 477 g/mol. The van der Waals surface area contributed by atoms with Gasteiger partial charge in [0.2, 0.25) is 0 Å². The van der Waals surface area contributed by atoms with Gasteiger partial charge in [-0.1, -0.05) is 48.4 Å². The topological polar surface area (TPSA) is 52.7 Å². The Hall–Kier alpha value is -3.31. The van der Waals surface area contributed by atoms with Crippen LogP contribution in [-0.2, 0) is 6.54 Å². The van der Waals surface area contributed by atoms with E-state index < -0.39 is 0 Å². The fourth-order valence-electron chi connectivity index (χ4n) is 3.85. The van der Waals surface area contributed by atoms with E-state index in [2.05, 4.69) is 19.2 Å². The largest absolute Gasteiger partial charge is 0.377 e. The Bertz CT molecular complexity index is 1180. The molecule has 0 radical (unpaired) electrons. The first-order valence-corrected chi connectivity index (χ1v) is 11.8. The third-order valence-corrected chi connectivity index (χ3v) is 6.26. The number of anilines is 2. The van der Waals surface area contributed by atoms with Crippen molar-refractivity contribution in [3.8, 4) is 0 Å². The van der Waals surface area contributed by atoms with Crippen molar-refractivity contribution in [1.82, 2.24) is 4.90 Å². The van der Waals surface area contributed by atoms with Crippen LogP contribution >= 0.6 is 11.6 Å². The summed E-state index contributed by atoms with van der Waals surface area (Å²) in [6.07, 6.45) is 0.831. The van der Waals surface area contributed by atoms with Crippen LogP contribution in [0, 0.1) is 6.92 Å². The molecule has 0 saturated carbocycles. The lowest BCUT2D eigenvalue weighted by Crippen LogP contribution is -2.38. The minimum atomic E-state index is -0.274. The van der Waals surface area contributed by atoms with Crippen LogP contribution in [0.1, 0.15) is 52.1 Å². The van der Waals surface area contributed by atoms with E-state index in [-0.39, 0.29) is 17.9 Å². The molecule has 0 heterocycles. The number of benzene rings is 3. The maximum Gasteiger partial charge on any atom is 0.257 e. The molecule has 0 aromatic heterocycles. The highest BCUT2D eigenvalue weighted by Crippen LogP contribution is 2.27. The summed E-state index contributed by atoms with van der Waals surface area (Å²) in [6.45, 7) is 6.55. The number of nitrogens with one attached hydrogen (secondary N) is 1. The van der Waals surface area contributed by atoms with E-state index >= 15 is 0 Å². The zero-order valence-corrected chi connectivity index (χ0v) is 21.2. The predicted molar refractivity (Wildman–Crippen MR) is 141 cm³/mol. The molecule has 0 saturated heterocycles. The third-order valence-electron chi connectivity index (χ3n) is 5.93. The minimum Gasteiger partial charge on any atom is -0.377 e. The van der Waals surface area contributed by atoms with Gasteiger partial charge in [-0.3, -0.25) is 9.59 Å². The number of hydrogen-bond donors (Lipinski definition) is 1.